The molecule has 2 amide bonds. The molecule has 0 saturated carbocycles. The Labute approximate surface area is 154 Å². The fraction of sp³-hybridized carbons (Fsp3) is 0.353. The van der Waals surface area contributed by atoms with Gasteiger partial charge in [-0.3, -0.25) is 14.4 Å². The van der Waals surface area contributed by atoms with Crippen LogP contribution in [0.25, 0.3) is 0 Å². The Morgan fingerprint density at radius 1 is 1.37 bits per heavy atom. The second-order valence-corrected chi connectivity index (χ2v) is 6.10. The summed E-state index contributed by atoms with van der Waals surface area (Å²) in [7, 11) is 1.53. The summed E-state index contributed by atoms with van der Waals surface area (Å²) in [6, 6.07) is 7.15. The van der Waals surface area contributed by atoms with E-state index < -0.39 is 11.9 Å². The van der Waals surface area contributed by atoms with Crippen LogP contribution in [0.5, 0.6) is 5.75 Å². The number of amides is 2. The van der Waals surface area contributed by atoms with Gasteiger partial charge in [0, 0.05) is 13.0 Å². The van der Waals surface area contributed by atoms with Crippen LogP contribution in [-0.2, 0) is 27.5 Å². The number of carbonyl (C=O) groups is 3. The normalized spacial score (nSPS) is 16.4. The number of anilines is 1. The zero-order valence-corrected chi connectivity index (χ0v) is 14.7. The Kier molecular flexibility index (Phi) is 5.34. The highest BCUT2D eigenvalue weighted by molar-refractivity contribution is 6.01. The van der Waals surface area contributed by atoms with Crippen molar-refractivity contribution in [3.05, 3.63) is 36.2 Å². The Hall–Kier alpha value is -3.43. The molecule has 1 atom stereocenters. The molecule has 0 spiro atoms. The van der Waals surface area contributed by atoms with E-state index in [1.165, 1.54) is 18.0 Å². The number of aromatic nitrogens is 3. The molecule has 1 saturated heterocycles. The van der Waals surface area contributed by atoms with E-state index in [1.807, 2.05) is 6.07 Å². The molecule has 1 aromatic heterocycles. The van der Waals surface area contributed by atoms with Crippen LogP contribution in [-0.4, -0.2) is 51.5 Å². The average molecular weight is 373 g/mol. The van der Waals surface area contributed by atoms with Crippen molar-refractivity contribution in [2.24, 2.45) is 5.92 Å². The number of nitrogens with one attached hydrogen (secondary N) is 1. The number of carboxylic acids is 1. The number of aliphatic carboxylic acids is 1. The molecule has 10 heteroatoms. The molecule has 0 bridgehead atoms. The largest absolute Gasteiger partial charge is 0.495 e. The van der Waals surface area contributed by atoms with Crippen LogP contribution in [0.2, 0.25) is 0 Å². The Morgan fingerprint density at radius 3 is 2.89 bits per heavy atom. The van der Waals surface area contributed by atoms with Crippen LogP contribution in [0.1, 0.15) is 12.1 Å². The number of rotatable bonds is 7. The molecule has 1 fully saturated rings. The van der Waals surface area contributed by atoms with Gasteiger partial charge in [0.25, 0.3) is 0 Å². The third kappa shape index (κ3) is 4.22. The number of carbonyl (C=O) groups excluding carboxylic acids is 2. The zero-order chi connectivity index (χ0) is 19.4. The van der Waals surface area contributed by atoms with Gasteiger partial charge in [0.05, 0.1) is 31.5 Å². The molecular weight excluding hydrogens is 354 g/mol. The SMILES string of the molecule is COc1ccccc1N1CC(C(=O)NCc2cn(CC(=O)O)nn2)CC1=O. The molecule has 1 aliphatic rings. The number of carboxylic acid groups (broad SMARTS) is 1. The molecule has 0 radical (unpaired) electrons. The monoisotopic (exact) mass is 373 g/mol. The standard InChI is InChI=1S/C17H19N5O5/c1-27-14-5-3-2-4-13(14)22-8-11(6-15(22)23)17(26)18-7-12-9-21(20-19-12)10-16(24)25/h2-5,9,11H,6-8,10H2,1H3,(H,18,26)(H,24,25). The van der Waals surface area contributed by atoms with Crippen molar-refractivity contribution >= 4 is 23.5 Å². The van der Waals surface area contributed by atoms with Gasteiger partial charge in [0.15, 0.2) is 0 Å². The lowest BCUT2D eigenvalue weighted by atomic mass is 10.1. The van der Waals surface area contributed by atoms with Crippen molar-refractivity contribution in [2.75, 3.05) is 18.6 Å². The smallest absolute Gasteiger partial charge is 0.325 e. The molecule has 27 heavy (non-hydrogen) atoms. The number of hydrogen-bond donors (Lipinski definition) is 2. The topological polar surface area (TPSA) is 127 Å². The van der Waals surface area contributed by atoms with E-state index in [4.69, 9.17) is 9.84 Å². The van der Waals surface area contributed by atoms with Crippen molar-refractivity contribution in [1.29, 1.82) is 0 Å². The molecule has 0 aliphatic carbocycles. The zero-order valence-electron chi connectivity index (χ0n) is 14.7. The Morgan fingerprint density at radius 2 is 2.15 bits per heavy atom. The Bertz CT molecular complexity index is 865. The summed E-state index contributed by atoms with van der Waals surface area (Å²) in [4.78, 5) is 36.9. The predicted molar refractivity (Wildman–Crippen MR) is 93.0 cm³/mol. The number of hydrogen-bond acceptors (Lipinski definition) is 6. The first kappa shape index (κ1) is 18.4. The number of para-hydroxylation sites is 2. The molecule has 2 heterocycles. The highest BCUT2D eigenvalue weighted by Crippen LogP contribution is 2.32. The van der Waals surface area contributed by atoms with Crippen LogP contribution < -0.4 is 15.0 Å². The molecule has 142 valence electrons. The summed E-state index contributed by atoms with van der Waals surface area (Å²) in [5.41, 5.74) is 1.08. The van der Waals surface area contributed by atoms with Gasteiger partial charge in [-0.2, -0.15) is 0 Å². The summed E-state index contributed by atoms with van der Waals surface area (Å²) < 4.78 is 6.46. The molecule has 3 rings (SSSR count). The lowest BCUT2D eigenvalue weighted by Gasteiger charge is -2.19. The van der Waals surface area contributed by atoms with Crippen molar-refractivity contribution in [3.63, 3.8) is 0 Å². The fourth-order valence-corrected chi connectivity index (χ4v) is 2.93. The second kappa shape index (κ2) is 7.85. The quantitative estimate of drug-likeness (QED) is 0.701. The lowest BCUT2D eigenvalue weighted by Crippen LogP contribution is -2.32. The lowest BCUT2D eigenvalue weighted by molar-refractivity contribution is -0.138. The highest BCUT2D eigenvalue weighted by Gasteiger charge is 2.36. The summed E-state index contributed by atoms with van der Waals surface area (Å²) in [5.74, 6) is -1.37. The van der Waals surface area contributed by atoms with Gasteiger partial charge in [-0.25, -0.2) is 4.68 Å². The predicted octanol–water partition coefficient (Wildman–Crippen LogP) is 0.0406. The van der Waals surface area contributed by atoms with E-state index in [1.54, 1.807) is 23.1 Å². The van der Waals surface area contributed by atoms with E-state index >= 15 is 0 Å². The number of benzene rings is 1. The maximum Gasteiger partial charge on any atom is 0.325 e. The molecule has 1 aromatic carbocycles. The summed E-state index contributed by atoms with van der Waals surface area (Å²) in [5, 5.41) is 18.9. The van der Waals surface area contributed by atoms with Crippen molar-refractivity contribution < 1.29 is 24.2 Å². The first-order valence-corrected chi connectivity index (χ1v) is 8.30. The molecule has 2 N–H and O–H groups in total. The summed E-state index contributed by atoms with van der Waals surface area (Å²) >= 11 is 0. The minimum Gasteiger partial charge on any atom is -0.495 e. The minimum atomic E-state index is -1.03. The van der Waals surface area contributed by atoms with Crippen LogP contribution in [0.3, 0.4) is 0 Å². The third-order valence-electron chi connectivity index (χ3n) is 4.20. The third-order valence-corrected chi connectivity index (χ3v) is 4.20. The van der Waals surface area contributed by atoms with E-state index in [0.29, 0.717) is 17.1 Å². The van der Waals surface area contributed by atoms with Crippen LogP contribution in [0.4, 0.5) is 5.69 Å². The summed E-state index contributed by atoms with van der Waals surface area (Å²) in [6.45, 7) is 0.0699. The molecule has 10 nitrogen and oxygen atoms in total. The average Bonchev–Trinajstić information content (AvgIpc) is 3.25. The summed E-state index contributed by atoms with van der Waals surface area (Å²) in [6.07, 6.45) is 1.56. The van der Waals surface area contributed by atoms with Gasteiger partial charge in [-0.05, 0) is 12.1 Å². The Balaban J connectivity index is 1.59. The van der Waals surface area contributed by atoms with E-state index in [2.05, 4.69) is 15.6 Å². The maximum atomic E-state index is 12.4. The molecular formula is C17H19N5O5. The minimum absolute atomic E-state index is 0.107. The molecule has 1 unspecified atom stereocenters. The van der Waals surface area contributed by atoms with Crippen molar-refractivity contribution in [2.45, 2.75) is 19.5 Å². The van der Waals surface area contributed by atoms with Gasteiger partial charge >= 0.3 is 5.97 Å². The first-order chi connectivity index (χ1) is 13.0. The van der Waals surface area contributed by atoms with E-state index in [0.717, 1.165) is 0 Å². The molecule has 1 aliphatic heterocycles. The fourth-order valence-electron chi connectivity index (χ4n) is 2.93. The first-order valence-electron chi connectivity index (χ1n) is 8.30. The van der Waals surface area contributed by atoms with E-state index in [-0.39, 0.29) is 37.9 Å². The van der Waals surface area contributed by atoms with E-state index in [9.17, 15) is 14.4 Å². The van der Waals surface area contributed by atoms with Gasteiger partial charge in [-0.1, -0.05) is 17.3 Å². The number of methoxy groups -OCH3 is 1. The van der Waals surface area contributed by atoms with Gasteiger partial charge in [-0.15, -0.1) is 5.10 Å². The number of ether oxygens (including phenoxy) is 1. The van der Waals surface area contributed by atoms with Gasteiger partial charge in [0.2, 0.25) is 11.8 Å². The molecule has 2 aromatic rings. The van der Waals surface area contributed by atoms with Crippen LogP contribution in [0, 0.1) is 5.92 Å². The van der Waals surface area contributed by atoms with Crippen molar-refractivity contribution in [1.82, 2.24) is 20.3 Å². The second-order valence-electron chi connectivity index (χ2n) is 6.10. The van der Waals surface area contributed by atoms with Crippen LogP contribution >= 0.6 is 0 Å². The van der Waals surface area contributed by atoms with Gasteiger partial charge in [0.1, 0.15) is 18.0 Å². The number of nitrogens with zero attached hydrogens (tertiary/aromatic N) is 4. The highest BCUT2D eigenvalue weighted by atomic mass is 16.5. The van der Waals surface area contributed by atoms with Gasteiger partial charge < -0.3 is 20.1 Å². The van der Waals surface area contributed by atoms with Crippen molar-refractivity contribution in [3.8, 4) is 5.75 Å². The van der Waals surface area contributed by atoms with Crippen LogP contribution in [0.15, 0.2) is 30.5 Å². The maximum absolute atomic E-state index is 12.4.